The molecule has 0 saturated heterocycles. The molecule has 3 N–H and O–H groups in total. The van der Waals surface area contributed by atoms with Crippen molar-refractivity contribution >= 4 is 33.3 Å². The molecule has 2 aromatic carbocycles. The maximum absolute atomic E-state index is 13.2. The van der Waals surface area contributed by atoms with Crippen molar-refractivity contribution in [1.82, 2.24) is 0 Å². The lowest BCUT2D eigenvalue weighted by molar-refractivity contribution is 0.262. The number of benzene rings is 2. The number of aliphatic hydroxyl groups is 1. The van der Waals surface area contributed by atoms with Gasteiger partial charge in [-0.25, -0.2) is 9.18 Å². The number of amides is 2. The maximum Gasteiger partial charge on any atom is 0.323 e. The van der Waals surface area contributed by atoms with Crippen LogP contribution >= 0.6 is 15.9 Å². The summed E-state index contributed by atoms with van der Waals surface area (Å²) in [6.07, 6.45) is 0. The fourth-order valence-electron chi connectivity index (χ4n) is 1.84. The Balaban J connectivity index is 2.13. The van der Waals surface area contributed by atoms with Gasteiger partial charge < -0.3 is 20.5 Å². The Bertz CT molecular complexity index is 694. The second-order valence-electron chi connectivity index (χ2n) is 4.42. The number of halogens is 2. The summed E-state index contributed by atoms with van der Waals surface area (Å²) < 4.78 is 19.1. The molecule has 0 unspecified atom stereocenters. The minimum absolute atomic E-state index is 0.210. The van der Waals surface area contributed by atoms with Crippen LogP contribution in [-0.2, 0) is 6.61 Å². The molecule has 0 atom stereocenters. The number of carbonyl (C=O) groups is 1. The highest BCUT2D eigenvalue weighted by Gasteiger charge is 2.09. The number of carbonyl (C=O) groups excluding carboxylic acids is 1. The monoisotopic (exact) mass is 368 g/mol. The molecule has 2 rings (SSSR count). The van der Waals surface area contributed by atoms with Crippen LogP contribution in [0.25, 0.3) is 0 Å². The number of rotatable bonds is 4. The molecular weight excluding hydrogens is 355 g/mol. The third-order valence-corrected chi connectivity index (χ3v) is 3.31. The van der Waals surface area contributed by atoms with Gasteiger partial charge in [-0.2, -0.15) is 0 Å². The molecule has 0 radical (unpaired) electrons. The number of hydrogen-bond acceptors (Lipinski definition) is 3. The van der Waals surface area contributed by atoms with Gasteiger partial charge in [0.2, 0.25) is 0 Å². The molecule has 5 nitrogen and oxygen atoms in total. The van der Waals surface area contributed by atoms with Crippen LogP contribution in [0.15, 0.2) is 40.9 Å². The fraction of sp³-hybridized carbons (Fsp3) is 0.133. The average Bonchev–Trinajstić information content (AvgIpc) is 2.46. The Morgan fingerprint density at radius 3 is 2.73 bits per heavy atom. The van der Waals surface area contributed by atoms with Crippen molar-refractivity contribution in [1.29, 1.82) is 0 Å². The molecule has 0 aliphatic carbocycles. The van der Waals surface area contributed by atoms with Crippen molar-refractivity contribution in [3.05, 3.63) is 52.3 Å². The molecule has 2 amide bonds. The molecule has 0 saturated carbocycles. The lowest BCUT2D eigenvalue weighted by atomic mass is 10.2. The zero-order valence-electron chi connectivity index (χ0n) is 11.7. The second-order valence-corrected chi connectivity index (χ2v) is 5.33. The predicted octanol–water partition coefficient (Wildman–Crippen LogP) is 3.73. The van der Waals surface area contributed by atoms with Crippen LogP contribution in [0.4, 0.5) is 20.6 Å². The highest BCUT2D eigenvalue weighted by Crippen LogP contribution is 2.25. The van der Waals surface area contributed by atoms with Crippen LogP contribution in [0.5, 0.6) is 5.75 Å². The molecular formula is C15H14BrFN2O3. The number of anilines is 2. The van der Waals surface area contributed by atoms with Crippen molar-refractivity contribution < 1.29 is 19.0 Å². The van der Waals surface area contributed by atoms with Gasteiger partial charge >= 0.3 is 6.03 Å². The molecule has 0 aliphatic heterocycles. The summed E-state index contributed by atoms with van der Waals surface area (Å²) in [7, 11) is 1.52. The molecule has 2 aromatic rings. The third kappa shape index (κ3) is 4.19. The zero-order chi connectivity index (χ0) is 16.1. The normalized spacial score (nSPS) is 10.2. The van der Waals surface area contributed by atoms with Crippen LogP contribution < -0.4 is 15.4 Å². The summed E-state index contributed by atoms with van der Waals surface area (Å²) in [5.74, 6) is 0.0723. The number of hydrogen-bond donors (Lipinski definition) is 3. The summed E-state index contributed by atoms with van der Waals surface area (Å²) >= 11 is 3.31. The van der Waals surface area contributed by atoms with E-state index in [1.54, 1.807) is 18.2 Å². The summed E-state index contributed by atoms with van der Waals surface area (Å²) in [4.78, 5) is 12.0. The van der Waals surface area contributed by atoms with E-state index in [1.807, 2.05) is 0 Å². The molecule has 0 aromatic heterocycles. The molecule has 0 aliphatic rings. The molecule has 0 spiro atoms. The van der Waals surface area contributed by atoms with Gasteiger partial charge in [0, 0.05) is 21.8 Å². The van der Waals surface area contributed by atoms with E-state index in [0.29, 0.717) is 17.0 Å². The van der Waals surface area contributed by atoms with Gasteiger partial charge in [-0.05, 0) is 24.3 Å². The first kappa shape index (κ1) is 16.3. The number of methoxy groups -OCH3 is 1. The fourth-order valence-corrected chi connectivity index (χ4v) is 2.31. The van der Waals surface area contributed by atoms with Gasteiger partial charge in [0.05, 0.1) is 19.4 Å². The number of nitrogens with one attached hydrogen (secondary N) is 2. The standard InChI is InChI=1S/C15H14BrFN2O3/c1-22-13-5-10(16)4-12(7-13)18-15(21)19-14-6-11(17)3-2-9(14)8-20/h2-7,20H,8H2,1H3,(H2,18,19,21). The lowest BCUT2D eigenvalue weighted by Crippen LogP contribution is -2.20. The Morgan fingerprint density at radius 1 is 1.27 bits per heavy atom. The highest BCUT2D eigenvalue weighted by molar-refractivity contribution is 9.10. The van der Waals surface area contributed by atoms with Crippen molar-refractivity contribution in [2.75, 3.05) is 17.7 Å². The zero-order valence-corrected chi connectivity index (χ0v) is 13.3. The van der Waals surface area contributed by atoms with Crippen molar-refractivity contribution in [3.8, 4) is 5.75 Å². The number of urea groups is 1. The van der Waals surface area contributed by atoms with Gasteiger partial charge in [0.25, 0.3) is 0 Å². The van der Waals surface area contributed by atoms with Crippen molar-refractivity contribution in [2.45, 2.75) is 6.61 Å². The largest absolute Gasteiger partial charge is 0.497 e. The van der Waals surface area contributed by atoms with E-state index in [1.165, 1.54) is 19.2 Å². The van der Waals surface area contributed by atoms with E-state index >= 15 is 0 Å². The van der Waals surface area contributed by atoms with E-state index in [-0.39, 0.29) is 12.3 Å². The third-order valence-electron chi connectivity index (χ3n) is 2.86. The van der Waals surface area contributed by atoms with E-state index < -0.39 is 11.8 Å². The Labute approximate surface area is 135 Å². The van der Waals surface area contributed by atoms with E-state index in [4.69, 9.17) is 4.74 Å². The smallest absolute Gasteiger partial charge is 0.323 e. The van der Waals surface area contributed by atoms with Gasteiger partial charge in [0.15, 0.2) is 0 Å². The van der Waals surface area contributed by atoms with E-state index in [9.17, 15) is 14.3 Å². The first-order chi connectivity index (χ1) is 10.5. The van der Waals surface area contributed by atoms with Crippen LogP contribution in [0, 0.1) is 5.82 Å². The Morgan fingerprint density at radius 2 is 2.05 bits per heavy atom. The molecule has 0 fully saturated rings. The van der Waals surface area contributed by atoms with Gasteiger partial charge in [-0.15, -0.1) is 0 Å². The number of ether oxygens (including phenoxy) is 1. The molecule has 22 heavy (non-hydrogen) atoms. The van der Waals surface area contributed by atoms with E-state index in [2.05, 4.69) is 26.6 Å². The average molecular weight is 369 g/mol. The van der Waals surface area contributed by atoms with Gasteiger partial charge in [-0.3, -0.25) is 0 Å². The summed E-state index contributed by atoms with van der Waals surface area (Å²) in [6.45, 7) is -0.305. The quantitative estimate of drug-likeness (QED) is 0.769. The summed E-state index contributed by atoms with van der Waals surface area (Å²) in [5.41, 5.74) is 1.14. The first-order valence-corrected chi connectivity index (χ1v) is 7.13. The summed E-state index contributed by atoms with van der Waals surface area (Å²) in [5, 5.41) is 14.3. The molecule has 7 heteroatoms. The van der Waals surface area contributed by atoms with E-state index in [0.717, 1.165) is 10.5 Å². The topological polar surface area (TPSA) is 70.6 Å². The predicted molar refractivity (Wildman–Crippen MR) is 85.7 cm³/mol. The van der Waals surface area contributed by atoms with Gasteiger partial charge in [-0.1, -0.05) is 22.0 Å². The van der Waals surface area contributed by atoms with Gasteiger partial charge in [0.1, 0.15) is 11.6 Å². The lowest BCUT2D eigenvalue weighted by Gasteiger charge is -2.12. The van der Waals surface area contributed by atoms with Crippen LogP contribution in [0.1, 0.15) is 5.56 Å². The first-order valence-electron chi connectivity index (χ1n) is 6.33. The minimum atomic E-state index is -0.555. The minimum Gasteiger partial charge on any atom is -0.497 e. The Kier molecular flexibility index (Phi) is 5.35. The maximum atomic E-state index is 13.2. The van der Waals surface area contributed by atoms with Crippen molar-refractivity contribution in [2.24, 2.45) is 0 Å². The molecule has 0 bridgehead atoms. The van der Waals surface area contributed by atoms with Crippen molar-refractivity contribution in [3.63, 3.8) is 0 Å². The highest BCUT2D eigenvalue weighted by atomic mass is 79.9. The van der Waals surface area contributed by atoms with Crippen LogP contribution in [-0.4, -0.2) is 18.2 Å². The van der Waals surface area contributed by atoms with Crippen LogP contribution in [0.2, 0.25) is 0 Å². The molecule has 0 heterocycles. The molecule has 116 valence electrons. The van der Waals surface area contributed by atoms with Crippen LogP contribution in [0.3, 0.4) is 0 Å². The second kappa shape index (κ2) is 7.24. The SMILES string of the molecule is COc1cc(Br)cc(NC(=O)Nc2cc(F)ccc2CO)c1. The number of aliphatic hydroxyl groups excluding tert-OH is 1. The summed E-state index contributed by atoms with van der Waals surface area (Å²) in [6, 6.07) is 8.30. The Hall–Kier alpha value is -2.12.